The molecule has 0 unspecified atom stereocenters. The van der Waals surface area contributed by atoms with E-state index in [4.69, 9.17) is 5.73 Å². The molecular weight excluding hydrogens is 258 g/mol. The minimum absolute atomic E-state index is 0.0706. The van der Waals surface area contributed by atoms with Crippen molar-refractivity contribution in [3.05, 3.63) is 47.0 Å². The first-order chi connectivity index (χ1) is 9.15. The minimum Gasteiger partial charge on any atom is -0.375 e. The molecule has 0 saturated heterocycles. The maximum Gasteiger partial charge on any atom is 0.228 e. The fourth-order valence-electron chi connectivity index (χ4n) is 1.76. The van der Waals surface area contributed by atoms with Crippen molar-refractivity contribution in [2.24, 2.45) is 0 Å². The summed E-state index contributed by atoms with van der Waals surface area (Å²) < 4.78 is 0. The number of carbonyl (C=O) groups is 1. The summed E-state index contributed by atoms with van der Waals surface area (Å²) in [5.41, 5.74) is 7.53. The number of hydrogen-bond acceptors (Lipinski definition) is 4. The fourth-order valence-corrected chi connectivity index (χ4v) is 2.32. The largest absolute Gasteiger partial charge is 0.375 e. The summed E-state index contributed by atoms with van der Waals surface area (Å²) in [5.74, 6) is 0.0706. The number of carbonyl (C=O) groups excluding carboxylic acids is 1. The minimum atomic E-state index is 0.0706. The van der Waals surface area contributed by atoms with Gasteiger partial charge in [0.05, 0.1) is 12.1 Å². The van der Waals surface area contributed by atoms with Gasteiger partial charge >= 0.3 is 0 Å². The molecule has 2 rings (SSSR count). The van der Waals surface area contributed by atoms with Crippen LogP contribution in [-0.2, 0) is 17.6 Å². The number of nitrogens with zero attached hydrogens (tertiary/aromatic N) is 2. The summed E-state index contributed by atoms with van der Waals surface area (Å²) in [6, 6.07) is 10.1. The Morgan fingerprint density at radius 2 is 2.11 bits per heavy atom. The molecule has 0 atom stereocenters. The zero-order valence-electron chi connectivity index (χ0n) is 10.9. The second kappa shape index (κ2) is 6.33. The Kier molecular flexibility index (Phi) is 4.52. The normalized spacial score (nSPS) is 10.4. The van der Waals surface area contributed by atoms with Gasteiger partial charge in [-0.1, -0.05) is 30.3 Å². The number of likely N-dealkylation sites (N-methyl/N-ethyl adjacent to an activating group) is 1. The van der Waals surface area contributed by atoms with Crippen LogP contribution in [0.2, 0.25) is 0 Å². The van der Waals surface area contributed by atoms with E-state index in [0.717, 1.165) is 12.1 Å². The molecule has 0 spiro atoms. The first-order valence-electron chi connectivity index (χ1n) is 6.13. The summed E-state index contributed by atoms with van der Waals surface area (Å²) in [6.45, 7) is 0.711. The Labute approximate surface area is 116 Å². The number of aromatic nitrogens is 1. The number of hydrogen-bond donors (Lipinski definition) is 1. The third-order valence-electron chi connectivity index (χ3n) is 2.91. The van der Waals surface area contributed by atoms with Gasteiger partial charge in [0, 0.05) is 19.0 Å². The van der Waals surface area contributed by atoms with Gasteiger partial charge in [-0.2, -0.15) is 0 Å². The number of anilines is 1. The molecule has 1 aromatic heterocycles. The summed E-state index contributed by atoms with van der Waals surface area (Å²) in [4.78, 5) is 17.8. The van der Waals surface area contributed by atoms with Crippen molar-refractivity contribution in [2.45, 2.75) is 12.8 Å². The van der Waals surface area contributed by atoms with E-state index in [0.29, 0.717) is 18.1 Å². The molecule has 0 saturated carbocycles. The van der Waals surface area contributed by atoms with Crippen LogP contribution in [0.15, 0.2) is 35.7 Å². The van der Waals surface area contributed by atoms with Crippen LogP contribution in [0.25, 0.3) is 0 Å². The molecule has 19 heavy (non-hydrogen) atoms. The Hall–Kier alpha value is -1.88. The first-order valence-corrected chi connectivity index (χ1v) is 7.01. The standard InChI is InChI=1S/C14H17N3OS/c1-17(8-7-11-5-3-2-4-6-11)13(18)9-12-10-19-14(15)16-12/h2-6,10H,7-9H2,1H3,(H2,15,16). The maximum atomic E-state index is 12.0. The van der Waals surface area contributed by atoms with Crippen molar-refractivity contribution in [3.8, 4) is 0 Å². The highest BCUT2D eigenvalue weighted by atomic mass is 32.1. The summed E-state index contributed by atoms with van der Waals surface area (Å²) in [7, 11) is 1.82. The lowest BCUT2D eigenvalue weighted by Crippen LogP contribution is -2.30. The molecule has 100 valence electrons. The number of thiazole rings is 1. The van der Waals surface area contributed by atoms with Crippen LogP contribution in [0, 0.1) is 0 Å². The molecule has 5 heteroatoms. The van der Waals surface area contributed by atoms with E-state index < -0.39 is 0 Å². The van der Waals surface area contributed by atoms with Crippen LogP contribution in [0.1, 0.15) is 11.3 Å². The molecule has 0 aliphatic carbocycles. The Morgan fingerprint density at radius 3 is 2.74 bits per heavy atom. The molecule has 2 aromatic rings. The molecule has 0 radical (unpaired) electrons. The summed E-state index contributed by atoms with van der Waals surface area (Å²) in [5, 5.41) is 2.34. The first kappa shape index (κ1) is 13.5. The van der Waals surface area contributed by atoms with Gasteiger partial charge in [-0.25, -0.2) is 4.98 Å². The van der Waals surface area contributed by atoms with Gasteiger partial charge in [-0.05, 0) is 12.0 Å². The molecule has 2 N–H and O–H groups in total. The van der Waals surface area contributed by atoms with E-state index in [2.05, 4.69) is 17.1 Å². The molecular formula is C14H17N3OS. The number of rotatable bonds is 5. The van der Waals surface area contributed by atoms with E-state index in [1.807, 2.05) is 30.6 Å². The second-order valence-electron chi connectivity index (χ2n) is 4.40. The summed E-state index contributed by atoms with van der Waals surface area (Å²) in [6.07, 6.45) is 1.18. The Morgan fingerprint density at radius 1 is 1.37 bits per heavy atom. The van der Waals surface area contributed by atoms with Gasteiger partial charge in [-0.3, -0.25) is 4.79 Å². The van der Waals surface area contributed by atoms with E-state index in [9.17, 15) is 4.79 Å². The lowest BCUT2D eigenvalue weighted by Gasteiger charge is -2.16. The maximum absolute atomic E-state index is 12.0. The monoisotopic (exact) mass is 275 g/mol. The fraction of sp³-hybridized carbons (Fsp3) is 0.286. The van der Waals surface area contributed by atoms with Crippen molar-refractivity contribution in [3.63, 3.8) is 0 Å². The lowest BCUT2D eigenvalue weighted by atomic mass is 10.1. The zero-order valence-corrected chi connectivity index (χ0v) is 11.7. The van der Waals surface area contributed by atoms with Crippen LogP contribution in [0.3, 0.4) is 0 Å². The topological polar surface area (TPSA) is 59.2 Å². The van der Waals surface area contributed by atoms with E-state index in [1.165, 1.54) is 16.9 Å². The molecule has 4 nitrogen and oxygen atoms in total. The predicted molar refractivity (Wildman–Crippen MR) is 78.0 cm³/mol. The van der Waals surface area contributed by atoms with Crippen LogP contribution in [0.4, 0.5) is 5.13 Å². The van der Waals surface area contributed by atoms with Crippen LogP contribution >= 0.6 is 11.3 Å². The van der Waals surface area contributed by atoms with E-state index in [-0.39, 0.29) is 5.91 Å². The Bertz CT molecular complexity index is 539. The third-order valence-corrected chi connectivity index (χ3v) is 3.63. The molecule has 1 amide bonds. The average molecular weight is 275 g/mol. The van der Waals surface area contributed by atoms with Crippen molar-refractivity contribution in [2.75, 3.05) is 19.3 Å². The van der Waals surface area contributed by atoms with Gasteiger partial charge < -0.3 is 10.6 Å². The Balaban J connectivity index is 1.82. The molecule has 0 fully saturated rings. The average Bonchev–Trinajstić information content (AvgIpc) is 2.82. The van der Waals surface area contributed by atoms with E-state index >= 15 is 0 Å². The number of nitrogens with two attached hydrogens (primary N) is 1. The van der Waals surface area contributed by atoms with Gasteiger partial charge in [0.2, 0.25) is 5.91 Å². The van der Waals surface area contributed by atoms with Crippen molar-refractivity contribution < 1.29 is 4.79 Å². The van der Waals surface area contributed by atoms with Crippen LogP contribution in [-0.4, -0.2) is 29.4 Å². The number of amides is 1. The molecule has 0 aliphatic heterocycles. The predicted octanol–water partition coefficient (Wildman–Crippen LogP) is 1.97. The SMILES string of the molecule is CN(CCc1ccccc1)C(=O)Cc1csc(N)n1. The van der Waals surface area contributed by atoms with Crippen molar-refractivity contribution in [1.29, 1.82) is 0 Å². The molecule has 0 bridgehead atoms. The van der Waals surface area contributed by atoms with Crippen LogP contribution in [0.5, 0.6) is 0 Å². The molecule has 0 aliphatic rings. The smallest absolute Gasteiger partial charge is 0.228 e. The third kappa shape index (κ3) is 4.06. The zero-order chi connectivity index (χ0) is 13.7. The van der Waals surface area contributed by atoms with Gasteiger partial charge in [0.15, 0.2) is 5.13 Å². The molecule has 1 heterocycles. The summed E-state index contributed by atoms with van der Waals surface area (Å²) >= 11 is 1.36. The van der Waals surface area contributed by atoms with E-state index in [1.54, 1.807) is 4.90 Å². The van der Waals surface area contributed by atoms with Crippen molar-refractivity contribution in [1.82, 2.24) is 9.88 Å². The highest BCUT2D eigenvalue weighted by Crippen LogP contribution is 2.12. The lowest BCUT2D eigenvalue weighted by molar-refractivity contribution is -0.129. The number of benzene rings is 1. The molecule has 1 aromatic carbocycles. The van der Waals surface area contributed by atoms with Gasteiger partial charge in [-0.15, -0.1) is 11.3 Å². The quantitative estimate of drug-likeness (QED) is 0.907. The second-order valence-corrected chi connectivity index (χ2v) is 5.29. The van der Waals surface area contributed by atoms with Crippen LogP contribution < -0.4 is 5.73 Å². The highest BCUT2D eigenvalue weighted by molar-refractivity contribution is 7.13. The van der Waals surface area contributed by atoms with Gasteiger partial charge in [0.25, 0.3) is 0 Å². The number of nitrogen functional groups attached to an aromatic ring is 1. The van der Waals surface area contributed by atoms with Gasteiger partial charge in [0.1, 0.15) is 0 Å². The highest BCUT2D eigenvalue weighted by Gasteiger charge is 2.11. The van der Waals surface area contributed by atoms with Crippen molar-refractivity contribution >= 4 is 22.4 Å².